The van der Waals surface area contributed by atoms with Gasteiger partial charge >= 0.3 is 0 Å². The van der Waals surface area contributed by atoms with Gasteiger partial charge in [-0.1, -0.05) is 51.2 Å². The average Bonchev–Trinajstić information content (AvgIpc) is 3.58. The van der Waals surface area contributed by atoms with Crippen molar-refractivity contribution < 1.29 is 23.9 Å². The van der Waals surface area contributed by atoms with E-state index in [1.807, 2.05) is 36.1 Å². The van der Waals surface area contributed by atoms with Gasteiger partial charge in [0.15, 0.2) is 0 Å². The summed E-state index contributed by atoms with van der Waals surface area (Å²) in [6.45, 7) is 4.67. The van der Waals surface area contributed by atoms with Crippen molar-refractivity contribution in [2.24, 2.45) is 17.8 Å². The van der Waals surface area contributed by atoms with Crippen LogP contribution in [0.3, 0.4) is 0 Å². The molecule has 4 fully saturated rings. The number of fused-ring (bicyclic) bond motifs is 1. The molecule has 39 heavy (non-hydrogen) atoms. The van der Waals surface area contributed by atoms with E-state index < -0.39 is 29.6 Å². The molecular formula is C31H41N3O5. The van der Waals surface area contributed by atoms with Gasteiger partial charge in [0, 0.05) is 17.8 Å². The largest absolute Gasteiger partial charge is 0.494 e. The smallest absolute Gasteiger partial charge is 0.246 e. The van der Waals surface area contributed by atoms with Crippen LogP contribution in [-0.2, 0) is 19.1 Å². The molecule has 3 heterocycles. The zero-order chi connectivity index (χ0) is 27.1. The van der Waals surface area contributed by atoms with Crippen LogP contribution in [0.5, 0.6) is 5.75 Å². The predicted molar refractivity (Wildman–Crippen MR) is 147 cm³/mol. The van der Waals surface area contributed by atoms with Gasteiger partial charge in [0.1, 0.15) is 17.4 Å². The number of ether oxygens (including phenoxy) is 2. The molecule has 6 rings (SSSR count). The first kappa shape index (κ1) is 26.4. The Kier molecular flexibility index (Phi) is 7.16. The maximum Gasteiger partial charge on any atom is 0.246 e. The number of nitrogens with one attached hydrogen (secondary N) is 2. The lowest BCUT2D eigenvalue weighted by atomic mass is 9.74. The Morgan fingerprint density at radius 1 is 1.03 bits per heavy atom. The first-order valence-electron chi connectivity index (χ1n) is 15.0. The summed E-state index contributed by atoms with van der Waals surface area (Å²) in [4.78, 5) is 44.0. The minimum Gasteiger partial charge on any atom is -0.494 e. The molecule has 3 amide bonds. The Balaban J connectivity index is 1.29. The van der Waals surface area contributed by atoms with Gasteiger partial charge in [0.25, 0.3) is 0 Å². The van der Waals surface area contributed by atoms with Crippen molar-refractivity contribution in [2.45, 2.75) is 101 Å². The van der Waals surface area contributed by atoms with Crippen molar-refractivity contribution >= 4 is 23.4 Å². The summed E-state index contributed by atoms with van der Waals surface area (Å²) in [6, 6.07) is 6.58. The van der Waals surface area contributed by atoms with Gasteiger partial charge < -0.3 is 25.0 Å². The normalized spacial score (nSPS) is 35.6. The number of carbonyl (C=O) groups excluding carboxylic acids is 3. The maximum atomic E-state index is 14.3. The lowest BCUT2D eigenvalue weighted by Crippen LogP contribution is -2.59. The number of likely N-dealkylation sites (tertiary alicyclic amines) is 1. The Hall–Kier alpha value is -2.87. The van der Waals surface area contributed by atoms with Crippen molar-refractivity contribution in [3.05, 3.63) is 36.4 Å². The third kappa shape index (κ3) is 4.54. The van der Waals surface area contributed by atoms with Crippen molar-refractivity contribution in [1.82, 2.24) is 10.2 Å². The second-order valence-electron chi connectivity index (χ2n) is 12.1. The van der Waals surface area contributed by atoms with E-state index in [1.165, 1.54) is 6.42 Å². The molecule has 2 saturated carbocycles. The molecule has 2 bridgehead atoms. The number of carbonyl (C=O) groups is 3. The highest BCUT2D eigenvalue weighted by molar-refractivity contribution is 6.03. The van der Waals surface area contributed by atoms with E-state index >= 15 is 0 Å². The highest BCUT2D eigenvalue weighted by Crippen LogP contribution is 2.56. The Morgan fingerprint density at radius 3 is 2.46 bits per heavy atom. The number of amides is 3. The van der Waals surface area contributed by atoms with Crippen molar-refractivity contribution in [1.29, 1.82) is 0 Å². The fraction of sp³-hybridized carbons (Fsp3) is 0.645. The average molecular weight is 536 g/mol. The highest BCUT2D eigenvalue weighted by atomic mass is 16.5. The minimum atomic E-state index is -1.11. The SMILES string of the molecule is CCOc1ccc(NC(=O)[C@@H]2[C@@H]3C=C[C@]4(O3)[C@@H]2C(=O)N([C@@H]2CCCC[C@H]2C)[C@H]4C(=O)NC2CCCCC2)cc1. The summed E-state index contributed by atoms with van der Waals surface area (Å²) < 4.78 is 12.1. The molecule has 1 spiro atoms. The lowest BCUT2D eigenvalue weighted by molar-refractivity contribution is -0.146. The molecule has 1 aromatic carbocycles. The van der Waals surface area contributed by atoms with Crippen LogP contribution in [0.25, 0.3) is 0 Å². The Bertz CT molecular complexity index is 1130. The third-order valence-electron chi connectivity index (χ3n) is 9.67. The van der Waals surface area contributed by atoms with E-state index in [9.17, 15) is 14.4 Å². The number of hydrogen-bond donors (Lipinski definition) is 2. The van der Waals surface area contributed by atoms with E-state index in [-0.39, 0.29) is 29.8 Å². The van der Waals surface area contributed by atoms with E-state index in [0.717, 1.165) is 57.1 Å². The van der Waals surface area contributed by atoms with E-state index in [4.69, 9.17) is 9.47 Å². The van der Waals surface area contributed by atoms with E-state index in [2.05, 4.69) is 17.6 Å². The molecule has 210 valence electrons. The fourth-order valence-electron chi connectivity index (χ4n) is 7.83. The van der Waals surface area contributed by atoms with Gasteiger partial charge in [-0.25, -0.2) is 0 Å². The molecule has 2 saturated heterocycles. The van der Waals surface area contributed by atoms with Crippen LogP contribution in [0.2, 0.25) is 0 Å². The third-order valence-corrected chi connectivity index (χ3v) is 9.67. The fourth-order valence-corrected chi connectivity index (χ4v) is 7.83. The number of anilines is 1. The standard InChI is InChI=1S/C31H41N3O5/c1-3-38-22-15-13-21(14-16-22)32-28(35)25-24-17-18-31(39-24)26(25)30(37)34(23-12-8-7-9-19(23)2)27(31)29(36)33-20-10-5-4-6-11-20/h13-20,23-27H,3-12H2,1-2H3,(H,32,35)(H,33,36)/t19-,23-,24+,25-,26+,27+,31+/m1/s1. The van der Waals surface area contributed by atoms with Crippen LogP contribution in [0.1, 0.15) is 71.6 Å². The molecular weight excluding hydrogens is 494 g/mol. The number of benzene rings is 1. The summed E-state index contributed by atoms with van der Waals surface area (Å²) in [5, 5.41) is 6.30. The van der Waals surface area contributed by atoms with Crippen LogP contribution in [-0.4, -0.2) is 59.1 Å². The van der Waals surface area contributed by atoms with Gasteiger partial charge in [0.05, 0.1) is 24.5 Å². The van der Waals surface area contributed by atoms with Crippen LogP contribution >= 0.6 is 0 Å². The van der Waals surface area contributed by atoms with Crippen molar-refractivity contribution in [3.63, 3.8) is 0 Å². The van der Waals surface area contributed by atoms with Gasteiger partial charge in [0.2, 0.25) is 17.7 Å². The van der Waals surface area contributed by atoms with Gasteiger partial charge in [-0.2, -0.15) is 0 Å². The number of rotatable bonds is 7. The number of nitrogens with zero attached hydrogens (tertiary/aromatic N) is 1. The summed E-state index contributed by atoms with van der Waals surface area (Å²) in [7, 11) is 0. The predicted octanol–water partition coefficient (Wildman–Crippen LogP) is 4.20. The molecule has 0 radical (unpaired) electrons. The molecule has 2 aliphatic carbocycles. The van der Waals surface area contributed by atoms with Gasteiger partial charge in [-0.3, -0.25) is 14.4 Å². The monoisotopic (exact) mass is 535 g/mol. The van der Waals surface area contributed by atoms with E-state index in [1.54, 1.807) is 12.1 Å². The summed E-state index contributed by atoms with van der Waals surface area (Å²) >= 11 is 0. The van der Waals surface area contributed by atoms with Crippen molar-refractivity contribution in [2.75, 3.05) is 11.9 Å². The summed E-state index contributed by atoms with van der Waals surface area (Å²) in [5.74, 6) is -0.881. The molecule has 2 N–H and O–H groups in total. The number of hydrogen-bond acceptors (Lipinski definition) is 5. The molecule has 3 aliphatic heterocycles. The first-order valence-corrected chi connectivity index (χ1v) is 15.0. The molecule has 8 nitrogen and oxygen atoms in total. The first-order chi connectivity index (χ1) is 18.9. The van der Waals surface area contributed by atoms with Crippen LogP contribution in [0.15, 0.2) is 36.4 Å². The second-order valence-corrected chi connectivity index (χ2v) is 12.1. The minimum absolute atomic E-state index is 0.0285. The molecule has 7 atom stereocenters. The Labute approximate surface area is 230 Å². The molecule has 0 unspecified atom stereocenters. The maximum absolute atomic E-state index is 14.3. The van der Waals surface area contributed by atoms with Crippen LogP contribution in [0, 0.1) is 17.8 Å². The topological polar surface area (TPSA) is 97.0 Å². The highest BCUT2D eigenvalue weighted by Gasteiger charge is 2.73. The zero-order valence-electron chi connectivity index (χ0n) is 23.1. The zero-order valence-corrected chi connectivity index (χ0v) is 23.1. The Morgan fingerprint density at radius 2 is 1.74 bits per heavy atom. The van der Waals surface area contributed by atoms with Gasteiger partial charge in [-0.15, -0.1) is 0 Å². The van der Waals surface area contributed by atoms with Crippen LogP contribution in [0.4, 0.5) is 5.69 Å². The molecule has 1 aromatic rings. The van der Waals surface area contributed by atoms with Crippen LogP contribution < -0.4 is 15.4 Å². The van der Waals surface area contributed by atoms with Gasteiger partial charge in [-0.05, 0) is 62.8 Å². The quantitative estimate of drug-likeness (QED) is 0.510. The molecule has 0 aromatic heterocycles. The van der Waals surface area contributed by atoms with E-state index in [0.29, 0.717) is 18.2 Å². The lowest BCUT2D eigenvalue weighted by Gasteiger charge is -2.42. The molecule has 5 aliphatic rings. The summed E-state index contributed by atoms with van der Waals surface area (Å²) in [5.41, 5.74) is -0.475. The molecule has 8 heteroatoms. The van der Waals surface area contributed by atoms with Crippen molar-refractivity contribution in [3.8, 4) is 5.75 Å². The summed E-state index contributed by atoms with van der Waals surface area (Å²) in [6.07, 6.45) is 12.7. The second kappa shape index (κ2) is 10.6.